The molecule has 0 bridgehead atoms. The zero-order valence-electron chi connectivity index (χ0n) is 15.9. The Balaban J connectivity index is 1.59. The molecule has 0 saturated carbocycles. The van der Waals surface area contributed by atoms with Crippen LogP contribution in [0.15, 0.2) is 77.9 Å². The quantitative estimate of drug-likeness (QED) is 0.682. The van der Waals surface area contributed by atoms with Gasteiger partial charge in [-0.2, -0.15) is 5.10 Å². The van der Waals surface area contributed by atoms with Crippen LogP contribution in [-0.4, -0.2) is 16.6 Å². The van der Waals surface area contributed by atoms with Gasteiger partial charge in [-0.25, -0.2) is 5.01 Å². The lowest BCUT2D eigenvalue weighted by molar-refractivity contribution is -0.161. The fourth-order valence-corrected chi connectivity index (χ4v) is 4.61. The van der Waals surface area contributed by atoms with Crippen LogP contribution in [0.4, 0.5) is 5.69 Å². The Morgan fingerprint density at radius 1 is 1.07 bits per heavy atom. The van der Waals surface area contributed by atoms with E-state index >= 15 is 0 Å². The van der Waals surface area contributed by atoms with Crippen LogP contribution in [0, 0.1) is 6.92 Å². The molecule has 1 spiro atoms. The maximum Gasteiger partial charge on any atom is 0.306 e. The number of hydrogen-bond donors (Lipinski definition) is 1. The van der Waals surface area contributed by atoms with Crippen LogP contribution in [0.25, 0.3) is 0 Å². The number of nitrogens with one attached hydrogen (secondary N) is 1. The van der Waals surface area contributed by atoms with Gasteiger partial charge in [0, 0.05) is 12.0 Å². The highest BCUT2D eigenvalue weighted by molar-refractivity contribution is 6.07. The molecule has 0 saturated heterocycles. The number of rotatable bonds is 1. The summed E-state index contributed by atoms with van der Waals surface area (Å²) in [6, 6.07) is 24.0. The highest BCUT2D eigenvalue weighted by Gasteiger charge is 2.60. The number of benzene rings is 3. The maximum atomic E-state index is 13.4. The van der Waals surface area contributed by atoms with Crippen LogP contribution in [0.3, 0.4) is 0 Å². The molecule has 0 aliphatic carbocycles. The monoisotopic (exact) mass is 381 g/mol. The van der Waals surface area contributed by atoms with Crippen molar-refractivity contribution in [3.8, 4) is 5.75 Å². The molecule has 6 rings (SSSR count). The van der Waals surface area contributed by atoms with Crippen molar-refractivity contribution in [3.05, 3.63) is 95.1 Å². The lowest BCUT2D eigenvalue weighted by Crippen LogP contribution is -2.55. The Hall–Kier alpha value is -3.60. The molecule has 5 nitrogen and oxygen atoms in total. The van der Waals surface area contributed by atoms with Crippen LogP contribution in [-0.2, 0) is 10.5 Å². The second kappa shape index (κ2) is 5.70. The first-order chi connectivity index (χ1) is 14.2. The van der Waals surface area contributed by atoms with Gasteiger partial charge in [0.2, 0.25) is 0 Å². The smallest absolute Gasteiger partial charge is 0.306 e. The number of anilines is 1. The van der Waals surface area contributed by atoms with Crippen LogP contribution < -0.4 is 10.1 Å². The van der Waals surface area contributed by atoms with Gasteiger partial charge in [0.15, 0.2) is 0 Å². The van der Waals surface area contributed by atoms with Gasteiger partial charge in [0.25, 0.3) is 5.91 Å². The number of aryl methyl sites for hydroxylation is 1. The molecule has 0 fully saturated rings. The number of para-hydroxylation sites is 1. The van der Waals surface area contributed by atoms with Crippen molar-refractivity contribution in [2.75, 3.05) is 5.32 Å². The standard InChI is InChI=1S/C24H19N3O2/c1-15-11-12-19-18(13-15)24(23(28)25-19)27-21(17-9-5-6-10-22(17)29-24)14-20(26-27)16-7-3-2-4-8-16/h2-13,21H,14H2,1H3,(H,25,28)/t21-,24-/m0/s1. The molecule has 0 unspecified atom stereocenters. The van der Waals surface area contributed by atoms with Gasteiger partial charge in [-0.15, -0.1) is 0 Å². The second-order valence-electron chi connectivity index (χ2n) is 7.76. The average Bonchev–Trinajstić information content (AvgIpc) is 3.31. The number of hydrogen-bond acceptors (Lipinski definition) is 4. The first-order valence-electron chi connectivity index (χ1n) is 9.79. The van der Waals surface area contributed by atoms with Gasteiger partial charge >= 0.3 is 5.72 Å². The average molecular weight is 381 g/mol. The number of carbonyl (C=O) groups is 1. The van der Waals surface area contributed by atoms with Crippen molar-refractivity contribution in [2.45, 2.75) is 25.1 Å². The van der Waals surface area contributed by atoms with Gasteiger partial charge in [-0.3, -0.25) is 4.79 Å². The summed E-state index contributed by atoms with van der Waals surface area (Å²) in [5.74, 6) is 0.540. The van der Waals surface area contributed by atoms with Gasteiger partial charge < -0.3 is 10.1 Å². The molecule has 3 aliphatic heterocycles. The summed E-state index contributed by atoms with van der Waals surface area (Å²) in [6.45, 7) is 2.02. The van der Waals surface area contributed by atoms with Gasteiger partial charge in [-0.1, -0.05) is 60.2 Å². The number of carbonyl (C=O) groups excluding carboxylic acids is 1. The fourth-order valence-electron chi connectivity index (χ4n) is 4.61. The van der Waals surface area contributed by atoms with Crippen LogP contribution in [0.5, 0.6) is 5.75 Å². The van der Waals surface area contributed by atoms with E-state index in [1.807, 2.05) is 66.5 Å². The third kappa shape index (κ3) is 2.15. The van der Waals surface area contributed by atoms with Gasteiger partial charge in [0.05, 0.1) is 23.0 Å². The summed E-state index contributed by atoms with van der Waals surface area (Å²) in [5, 5.41) is 9.84. The van der Waals surface area contributed by atoms with Crippen molar-refractivity contribution in [1.29, 1.82) is 0 Å². The number of amides is 1. The normalized spacial score (nSPS) is 23.8. The Bertz CT molecular complexity index is 1190. The van der Waals surface area contributed by atoms with Crippen molar-refractivity contribution in [3.63, 3.8) is 0 Å². The summed E-state index contributed by atoms with van der Waals surface area (Å²) in [4.78, 5) is 13.4. The summed E-state index contributed by atoms with van der Waals surface area (Å²) in [7, 11) is 0. The predicted octanol–water partition coefficient (Wildman–Crippen LogP) is 4.34. The Labute approximate surface area is 168 Å². The molecule has 3 heterocycles. The third-order valence-electron chi connectivity index (χ3n) is 5.97. The Morgan fingerprint density at radius 2 is 1.86 bits per heavy atom. The van der Waals surface area contributed by atoms with Crippen molar-refractivity contribution in [2.24, 2.45) is 5.10 Å². The molecule has 0 aromatic heterocycles. The number of ether oxygens (including phenoxy) is 1. The van der Waals surface area contributed by atoms with E-state index in [2.05, 4.69) is 23.5 Å². The maximum absolute atomic E-state index is 13.4. The van der Waals surface area contributed by atoms with Gasteiger partial charge in [0.1, 0.15) is 5.75 Å². The minimum Gasteiger partial charge on any atom is -0.453 e. The molecule has 1 amide bonds. The first kappa shape index (κ1) is 16.4. The van der Waals surface area contributed by atoms with Crippen LogP contribution in [0.1, 0.15) is 34.7 Å². The van der Waals surface area contributed by atoms with E-state index in [0.717, 1.165) is 45.8 Å². The Morgan fingerprint density at radius 3 is 2.72 bits per heavy atom. The molecule has 1 N–H and O–H groups in total. The summed E-state index contributed by atoms with van der Waals surface area (Å²) in [6.07, 6.45) is 0.723. The molecule has 29 heavy (non-hydrogen) atoms. The molecule has 2 atom stereocenters. The van der Waals surface area contributed by atoms with Gasteiger partial charge in [-0.05, 0) is 30.7 Å². The summed E-state index contributed by atoms with van der Waals surface area (Å²) >= 11 is 0. The molecule has 0 radical (unpaired) electrons. The first-order valence-corrected chi connectivity index (χ1v) is 9.79. The summed E-state index contributed by atoms with van der Waals surface area (Å²) < 4.78 is 6.48. The topological polar surface area (TPSA) is 53.9 Å². The molecule has 3 aliphatic rings. The highest BCUT2D eigenvalue weighted by Crippen LogP contribution is 2.54. The van der Waals surface area contributed by atoms with E-state index in [9.17, 15) is 4.79 Å². The highest BCUT2D eigenvalue weighted by atomic mass is 16.5. The lowest BCUT2D eigenvalue weighted by Gasteiger charge is -2.44. The molecule has 5 heteroatoms. The summed E-state index contributed by atoms with van der Waals surface area (Å²) in [5.41, 5.74) is 4.47. The number of nitrogens with zero attached hydrogens (tertiary/aromatic N) is 2. The van der Waals surface area contributed by atoms with E-state index in [1.54, 1.807) is 0 Å². The number of fused-ring (bicyclic) bond motifs is 6. The minimum atomic E-state index is -1.29. The third-order valence-corrected chi connectivity index (χ3v) is 5.97. The van der Waals surface area contributed by atoms with E-state index in [4.69, 9.17) is 9.84 Å². The zero-order valence-corrected chi connectivity index (χ0v) is 15.9. The second-order valence-corrected chi connectivity index (χ2v) is 7.76. The molecular formula is C24H19N3O2. The Kier molecular flexibility index (Phi) is 3.22. The predicted molar refractivity (Wildman–Crippen MR) is 111 cm³/mol. The molecule has 3 aromatic rings. The molecule has 142 valence electrons. The zero-order chi connectivity index (χ0) is 19.6. The molecule has 3 aromatic carbocycles. The fraction of sp³-hybridized carbons (Fsp3) is 0.167. The van der Waals surface area contributed by atoms with E-state index < -0.39 is 5.72 Å². The molecular weight excluding hydrogens is 362 g/mol. The minimum absolute atomic E-state index is 0.0626. The van der Waals surface area contributed by atoms with Crippen LogP contribution >= 0.6 is 0 Å². The van der Waals surface area contributed by atoms with E-state index in [-0.39, 0.29) is 11.9 Å². The SMILES string of the molecule is Cc1ccc2c(c1)[C@]1(Oc3ccccc3[C@@H]3CC(c4ccccc4)=NN31)C(=O)N2. The van der Waals surface area contributed by atoms with Crippen molar-refractivity contribution < 1.29 is 9.53 Å². The van der Waals surface area contributed by atoms with Crippen LogP contribution in [0.2, 0.25) is 0 Å². The van der Waals surface area contributed by atoms with Crippen molar-refractivity contribution >= 4 is 17.3 Å². The largest absolute Gasteiger partial charge is 0.453 e. The number of hydrazone groups is 1. The lowest BCUT2D eigenvalue weighted by atomic mass is 9.92. The van der Waals surface area contributed by atoms with E-state index in [0.29, 0.717) is 0 Å². The van der Waals surface area contributed by atoms with E-state index in [1.165, 1.54) is 0 Å². The van der Waals surface area contributed by atoms with Crippen molar-refractivity contribution in [1.82, 2.24) is 5.01 Å².